The molecule has 6 heteroatoms. The van der Waals surface area contributed by atoms with E-state index in [9.17, 15) is 0 Å². The fourth-order valence-corrected chi connectivity index (χ4v) is 2.18. The Morgan fingerprint density at radius 1 is 1.28 bits per heavy atom. The van der Waals surface area contributed by atoms with Crippen molar-refractivity contribution in [1.82, 2.24) is 19.3 Å². The van der Waals surface area contributed by atoms with Crippen LogP contribution in [0, 0.1) is 0 Å². The molecule has 0 saturated carbocycles. The van der Waals surface area contributed by atoms with Gasteiger partial charge in [-0.3, -0.25) is 0 Å². The number of fused-ring (bicyclic) bond motifs is 3. The summed E-state index contributed by atoms with van der Waals surface area (Å²) in [6, 6.07) is 3.81. The summed E-state index contributed by atoms with van der Waals surface area (Å²) >= 11 is 0. The van der Waals surface area contributed by atoms with Crippen LogP contribution in [0.5, 0.6) is 0 Å². The van der Waals surface area contributed by atoms with E-state index in [0.717, 1.165) is 22.6 Å². The molecule has 0 fully saturated rings. The van der Waals surface area contributed by atoms with Crippen LogP contribution in [-0.4, -0.2) is 19.3 Å². The molecule has 4 aromatic rings. The number of aromatic nitrogens is 5. The largest absolute Gasteiger partial charge is 0.464 e. The van der Waals surface area contributed by atoms with Crippen LogP contribution in [0.1, 0.15) is 0 Å². The van der Waals surface area contributed by atoms with Crippen molar-refractivity contribution in [1.29, 1.82) is 0 Å². The molecule has 0 aromatic carbocycles. The summed E-state index contributed by atoms with van der Waals surface area (Å²) in [5, 5.41) is 0. The van der Waals surface area contributed by atoms with Crippen molar-refractivity contribution in [3.63, 3.8) is 0 Å². The Kier molecular flexibility index (Phi) is 1.67. The van der Waals surface area contributed by atoms with Crippen molar-refractivity contribution in [2.45, 2.75) is 0 Å². The number of hydrogen-bond acceptors (Lipinski definition) is 3. The highest BCUT2D eigenvalue weighted by Gasteiger charge is 2.19. The molecule has 0 bridgehead atoms. The topological polar surface area (TPSA) is 52.4 Å². The van der Waals surface area contributed by atoms with Gasteiger partial charge in [-0.1, -0.05) is 4.63 Å². The summed E-state index contributed by atoms with van der Waals surface area (Å²) in [6.45, 7) is 0. The zero-order valence-corrected chi connectivity index (χ0v) is 9.69. The molecule has 0 saturated heterocycles. The van der Waals surface area contributed by atoms with Crippen molar-refractivity contribution in [3.05, 3.63) is 43.2 Å². The van der Waals surface area contributed by atoms with E-state index in [4.69, 9.17) is 4.42 Å². The van der Waals surface area contributed by atoms with Crippen molar-refractivity contribution >= 4 is 11.3 Å². The highest BCUT2D eigenvalue weighted by molar-refractivity contribution is 5.61. The maximum absolute atomic E-state index is 5.40. The van der Waals surface area contributed by atoms with Crippen molar-refractivity contribution in [2.75, 3.05) is 0 Å². The summed E-state index contributed by atoms with van der Waals surface area (Å²) in [5.41, 5.74) is 2.66. The van der Waals surface area contributed by atoms with E-state index in [1.165, 1.54) is 0 Å². The molecule has 4 aromatic heterocycles. The molecule has 18 heavy (non-hydrogen) atoms. The Bertz CT molecular complexity index is 840. The molecule has 88 valence electrons. The van der Waals surface area contributed by atoms with Gasteiger partial charge in [0, 0.05) is 0 Å². The van der Waals surface area contributed by atoms with Crippen molar-refractivity contribution in [3.8, 4) is 11.3 Å². The Morgan fingerprint density at radius 2 is 2.17 bits per heavy atom. The van der Waals surface area contributed by atoms with Crippen LogP contribution in [-0.2, 0) is 7.05 Å². The van der Waals surface area contributed by atoms with Crippen LogP contribution in [0.2, 0.25) is 0 Å². The molecule has 0 unspecified atom stereocenters. The van der Waals surface area contributed by atoms with E-state index in [1.54, 1.807) is 18.7 Å². The molecular weight excluding hydrogens is 230 g/mol. The lowest BCUT2D eigenvalue weighted by Gasteiger charge is -1.88. The minimum absolute atomic E-state index is 0.817. The van der Waals surface area contributed by atoms with Crippen LogP contribution in [0.3, 0.4) is 0 Å². The summed E-state index contributed by atoms with van der Waals surface area (Å²) in [6.07, 6.45) is 9.02. The van der Waals surface area contributed by atoms with E-state index < -0.39 is 0 Å². The first-order valence-electron chi connectivity index (χ1n) is 5.58. The average Bonchev–Trinajstić information content (AvgIpc) is 3.09. The zero-order chi connectivity index (χ0) is 12.1. The fraction of sp³-hybridized carbons (Fsp3) is 0.0833. The minimum Gasteiger partial charge on any atom is -0.464 e. The second-order valence-electron chi connectivity index (χ2n) is 4.08. The van der Waals surface area contributed by atoms with Crippen molar-refractivity contribution in [2.24, 2.45) is 7.05 Å². The fourth-order valence-electron chi connectivity index (χ4n) is 2.18. The maximum atomic E-state index is 5.40. The second-order valence-corrected chi connectivity index (χ2v) is 4.08. The van der Waals surface area contributed by atoms with E-state index in [1.807, 2.05) is 45.4 Å². The maximum Gasteiger partial charge on any atom is 0.346 e. The van der Waals surface area contributed by atoms with Crippen LogP contribution < -0.4 is 4.52 Å². The first-order valence-corrected chi connectivity index (χ1v) is 5.58. The highest BCUT2D eigenvalue weighted by atomic mass is 16.3. The number of rotatable bonds is 1. The number of aryl methyl sites for hydroxylation is 1. The van der Waals surface area contributed by atoms with Gasteiger partial charge in [0.05, 0.1) is 31.3 Å². The summed E-state index contributed by atoms with van der Waals surface area (Å²) in [7, 11) is 1.95. The standard InChI is InChI=1S/C12H10N5O/c1-15-11-12(14-5-4-13-11)16-7-9(8-17(15)16)10-3-2-6-18-10/h2-8H,1H3/q+1. The molecule has 4 heterocycles. The Hall–Kier alpha value is -2.63. The molecule has 6 nitrogen and oxygen atoms in total. The lowest BCUT2D eigenvalue weighted by molar-refractivity contribution is -0.597. The molecule has 0 aliphatic rings. The highest BCUT2D eigenvalue weighted by Crippen LogP contribution is 2.18. The Labute approximate surface area is 102 Å². The third-order valence-electron chi connectivity index (χ3n) is 3.03. The molecule has 4 rings (SSSR count). The van der Waals surface area contributed by atoms with Gasteiger partial charge < -0.3 is 4.42 Å². The van der Waals surface area contributed by atoms with Crippen LogP contribution in [0.25, 0.3) is 22.6 Å². The number of nitrogens with zero attached hydrogens (tertiary/aromatic N) is 5. The summed E-state index contributed by atoms with van der Waals surface area (Å²) in [4.78, 5) is 8.67. The van der Waals surface area contributed by atoms with Gasteiger partial charge in [0.2, 0.25) is 0 Å². The summed E-state index contributed by atoms with van der Waals surface area (Å²) < 4.78 is 11.2. The van der Waals surface area contributed by atoms with Crippen molar-refractivity contribution < 1.29 is 8.93 Å². The number of hydrogen-bond donors (Lipinski definition) is 0. The molecule has 0 amide bonds. The molecule has 0 N–H and O–H groups in total. The lowest BCUT2D eigenvalue weighted by Crippen LogP contribution is -2.26. The SMILES string of the molecule is Cn1c2nccnc2[n+]2cc(-c3ccco3)cn12. The van der Waals surface area contributed by atoms with Gasteiger partial charge in [0.15, 0.2) is 0 Å². The third-order valence-corrected chi connectivity index (χ3v) is 3.03. The lowest BCUT2D eigenvalue weighted by atomic mass is 10.3. The number of furan rings is 1. The van der Waals surface area contributed by atoms with Gasteiger partial charge in [-0.15, -0.1) is 9.50 Å². The first kappa shape index (κ1) is 9.41. The molecule has 0 aliphatic carbocycles. The smallest absolute Gasteiger partial charge is 0.346 e. The Balaban J connectivity index is 2.10. The van der Waals surface area contributed by atoms with E-state index in [0.29, 0.717) is 0 Å². The molecule has 0 radical (unpaired) electrons. The van der Waals surface area contributed by atoms with Crippen LogP contribution in [0.4, 0.5) is 0 Å². The predicted molar refractivity (Wildman–Crippen MR) is 62.8 cm³/mol. The normalized spacial score (nSPS) is 11.6. The van der Waals surface area contributed by atoms with Crippen LogP contribution >= 0.6 is 0 Å². The zero-order valence-electron chi connectivity index (χ0n) is 9.69. The van der Waals surface area contributed by atoms with Gasteiger partial charge in [-0.25, -0.2) is 4.98 Å². The van der Waals surface area contributed by atoms with E-state index in [-0.39, 0.29) is 0 Å². The monoisotopic (exact) mass is 240 g/mol. The minimum atomic E-state index is 0.817. The molecule has 0 spiro atoms. The molecule has 0 aliphatic heterocycles. The van der Waals surface area contributed by atoms with Gasteiger partial charge in [-0.2, -0.15) is 4.68 Å². The van der Waals surface area contributed by atoms with Gasteiger partial charge in [0.1, 0.15) is 18.2 Å². The first-order chi connectivity index (χ1) is 8.84. The Morgan fingerprint density at radius 3 is 3.00 bits per heavy atom. The quantitative estimate of drug-likeness (QED) is 0.467. The molecule has 0 atom stereocenters. The van der Waals surface area contributed by atoms with Gasteiger partial charge in [-0.05, 0) is 12.1 Å². The average molecular weight is 240 g/mol. The third kappa shape index (κ3) is 1.09. The van der Waals surface area contributed by atoms with Gasteiger partial charge >= 0.3 is 5.65 Å². The molecular formula is C12H10N5O+. The predicted octanol–water partition coefficient (Wildman–Crippen LogP) is 1.07. The second kappa shape index (κ2) is 3.19. The van der Waals surface area contributed by atoms with E-state index >= 15 is 0 Å². The summed E-state index contributed by atoms with van der Waals surface area (Å²) in [5.74, 6) is 0.836. The van der Waals surface area contributed by atoms with E-state index in [2.05, 4.69) is 9.97 Å². The van der Waals surface area contributed by atoms with Gasteiger partial charge in [0.25, 0.3) is 5.65 Å². The van der Waals surface area contributed by atoms with Crippen LogP contribution in [0.15, 0.2) is 47.6 Å².